The Morgan fingerprint density at radius 3 is 1.55 bits per heavy atom. The van der Waals surface area contributed by atoms with Crippen LogP contribution in [0.3, 0.4) is 0 Å². The minimum absolute atomic E-state index is 0.267. The first kappa shape index (κ1) is 28.2. The normalized spacial score (nSPS) is 29.6. The molecule has 33 heavy (non-hydrogen) atoms. The van der Waals surface area contributed by atoms with Gasteiger partial charge in [-0.05, 0) is 38.5 Å². The van der Waals surface area contributed by atoms with Gasteiger partial charge in [0.05, 0.1) is 13.2 Å². The van der Waals surface area contributed by atoms with E-state index in [-0.39, 0.29) is 16.4 Å². The predicted molar refractivity (Wildman–Crippen MR) is 144 cm³/mol. The van der Waals surface area contributed by atoms with Crippen LogP contribution in [0, 0.1) is 0 Å². The molecule has 2 aliphatic heterocycles. The Balaban J connectivity index is 1.96. The van der Waals surface area contributed by atoms with Gasteiger partial charge in [0.2, 0.25) is 0 Å². The molecular formula is C25H52N4O2P2. The van der Waals surface area contributed by atoms with E-state index >= 15 is 0 Å². The van der Waals surface area contributed by atoms with Crippen molar-refractivity contribution < 1.29 is 9.47 Å². The van der Waals surface area contributed by atoms with Crippen molar-refractivity contribution in [3.8, 4) is 0 Å². The average Bonchev–Trinajstić information content (AvgIpc) is 3.58. The zero-order chi connectivity index (χ0) is 23.8. The van der Waals surface area contributed by atoms with Gasteiger partial charge >= 0.3 is 0 Å². The van der Waals surface area contributed by atoms with Crippen molar-refractivity contribution in [2.45, 2.75) is 96.0 Å². The minimum atomic E-state index is -0.338. The molecule has 2 saturated heterocycles. The highest BCUT2D eigenvalue weighted by atomic mass is 31.1. The highest BCUT2D eigenvalue weighted by Crippen LogP contribution is 2.66. The monoisotopic (exact) mass is 502 g/mol. The summed E-state index contributed by atoms with van der Waals surface area (Å²) in [5.74, 6) is 0. The molecule has 0 spiro atoms. The summed E-state index contributed by atoms with van der Waals surface area (Å²) >= 11 is 0. The molecule has 0 amide bonds. The third kappa shape index (κ3) is 6.50. The second-order valence-corrected chi connectivity index (χ2v) is 14.6. The summed E-state index contributed by atoms with van der Waals surface area (Å²) in [7, 11) is 3.17. The molecular weight excluding hydrogens is 450 g/mol. The zero-order valence-corrected chi connectivity index (χ0v) is 24.2. The van der Waals surface area contributed by atoms with Gasteiger partial charge in [0.15, 0.2) is 0 Å². The lowest BCUT2D eigenvalue weighted by atomic mass is 10.2. The number of hydrogen-bond donors (Lipinski definition) is 0. The van der Waals surface area contributed by atoms with Crippen LogP contribution in [0.4, 0.5) is 0 Å². The van der Waals surface area contributed by atoms with Crippen LogP contribution in [0.1, 0.15) is 72.6 Å². The van der Waals surface area contributed by atoms with Crippen LogP contribution in [0.5, 0.6) is 0 Å². The van der Waals surface area contributed by atoms with Gasteiger partial charge in [0.25, 0.3) is 0 Å². The number of methoxy groups -OCH3 is 2. The van der Waals surface area contributed by atoms with Crippen molar-refractivity contribution in [1.29, 1.82) is 0 Å². The lowest BCUT2D eigenvalue weighted by Crippen LogP contribution is -2.44. The first-order valence-electron chi connectivity index (χ1n) is 13.7. The number of rotatable bonds is 14. The molecule has 3 fully saturated rings. The maximum Gasteiger partial charge on any atom is 0.0621 e. The topological polar surface area (TPSA) is 31.4 Å². The maximum absolute atomic E-state index is 5.74. The van der Waals surface area contributed by atoms with Gasteiger partial charge in [0, 0.05) is 93.3 Å². The van der Waals surface area contributed by atoms with Crippen LogP contribution in [0.25, 0.3) is 0 Å². The minimum Gasteiger partial charge on any atom is -0.383 e. The Kier molecular flexibility index (Phi) is 12.3. The van der Waals surface area contributed by atoms with Crippen molar-refractivity contribution in [2.24, 2.45) is 0 Å². The highest BCUT2D eigenvalue weighted by Gasteiger charge is 2.49. The van der Waals surface area contributed by atoms with Crippen LogP contribution in [0.15, 0.2) is 0 Å². The molecule has 194 valence electrons. The first-order chi connectivity index (χ1) is 16.1. The Labute approximate surface area is 207 Å². The molecule has 0 aromatic carbocycles. The predicted octanol–water partition coefficient (Wildman–Crippen LogP) is 5.44. The summed E-state index contributed by atoms with van der Waals surface area (Å²) in [4.78, 5) is 0. The maximum atomic E-state index is 5.74. The Bertz CT molecular complexity index is 516. The largest absolute Gasteiger partial charge is 0.383 e. The number of ether oxygens (including phenoxy) is 2. The molecule has 0 aromatic rings. The van der Waals surface area contributed by atoms with E-state index in [0.717, 1.165) is 24.5 Å². The highest BCUT2D eigenvalue weighted by molar-refractivity contribution is 7.58. The zero-order valence-electron chi connectivity index (χ0n) is 22.4. The standard InChI is InChI=1S/C25H52N4O2P2/c1-7-26(8-2)32(27(9-3)10-4)24-16-11-17-25(24)33(28-18-12-14-22(28)20-30-5)29-19-13-15-23(29)21-31-6/h22-25H,7-21H2,1-6H3/t22-,23-,24?,25?/m1/s1. The summed E-state index contributed by atoms with van der Waals surface area (Å²) < 4.78 is 23.0. The molecule has 3 rings (SSSR count). The molecule has 0 radical (unpaired) electrons. The Morgan fingerprint density at radius 1 is 0.667 bits per heavy atom. The second-order valence-electron chi connectivity index (χ2n) is 9.81. The van der Waals surface area contributed by atoms with Crippen LogP contribution in [-0.2, 0) is 9.47 Å². The second kappa shape index (κ2) is 14.4. The Morgan fingerprint density at radius 2 is 1.12 bits per heavy atom. The van der Waals surface area contributed by atoms with E-state index in [1.807, 2.05) is 14.2 Å². The molecule has 8 heteroatoms. The van der Waals surface area contributed by atoms with Gasteiger partial charge in [-0.2, -0.15) is 0 Å². The third-order valence-corrected chi connectivity index (χ3v) is 15.1. The van der Waals surface area contributed by atoms with Gasteiger partial charge in [-0.1, -0.05) is 34.1 Å². The fourth-order valence-electron chi connectivity index (χ4n) is 6.52. The lowest BCUT2D eigenvalue weighted by molar-refractivity contribution is 0.136. The van der Waals surface area contributed by atoms with Gasteiger partial charge in [0.1, 0.15) is 0 Å². The number of hydrogen-bond acceptors (Lipinski definition) is 6. The smallest absolute Gasteiger partial charge is 0.0621 e. The molecule has 4 atom stereocenters. The first-order valence-corrected chi connectivity index (χ1v) is 16.4. The van der Waals surface area contributed by atoms with E-state index in [0.29, 0.717) is 12.1 Å². The van der Waals surface area contributed by atoms with Gasteiger partial charge in [-0.3, -0.25) is 18.7 Å². The molecule has 2 heterocycles. The summed E-state index contributed by atoms with van der Waals surface area (Å²) in [5, 5.41) is 0. The van der Waals surface area contributed by atoms with E-state index in [1.54, 1.807) is 0 Å². The molecule has 0 bridgehead atoms. The summed E-state index contributed by atoms with van der Waals surface area (Å²) in [5.41, 5.74) is 1.63. The Hall–Kier alpha value is 0.620. The quantitative estimate of drug-likeness (QED) is 0.294. The summed E-state index contributed by atoms with van der Waals surface area (Å²) in [6.07, 6.45) is 9.47. The van der Waals surface area contributed by atoms with E-state index in [2.05, 4.69) is 46.4 Å². The van der Waals surface area contributed by atoms with E-state index in [9.17, 15) is 0 Å². The third-order valence-electron chi connectivity index (χ3n) is 8.01. The molecule has 6 nitrogen and oxygen atoms in total. The summed E-state index contributed by atoms with van der Waals surface area (Å²) in [6.45, 7) is 18.5. The van der Waals surface area contributed by atoms with Crippen LogP contribution < -0.4 is 0 Å². The average molecular weight is 503 g/mol. The van der Waals surface area contributed by atoms with E-state index < -0.39 is 0 Å². The van der Waals surface area contributed by atoms with Crippen molar-refractivity contribution in [3.05, 3.63) is 0 Å². The van der Waals surface area contributed by atoms with Gasteiger partial charge < -0.3 is 9.47 Å². The molecule has 0 aromatic heterocycles. The van der Waals surface area contributed by atoms with Crippen LogP contribution in [-0.4, -0.2) is 109 Å². The molecule has 3 aliphatic rings. The fraction of sp³-hybridized carbons (Fsp3) is 1.00. The molecule has 2 unspecified atom stereocenters. The van der Waals surface area contributed by atoms with Crippen LogP contribution in [0.2, 0.25) is 0 Å². The molecule has 1 saturated carbocycles. The lowest BCUT2D eigenvalue weighted by Gasteiger charge is -2.49. The summed E-state index contributed by atoms with van der Waals surface area (Å²) in [6, 6.07) is 1.19. The number of nitrogens with zero attached hydrogens (tertiary/aromatic N) is 4. The van der Waals surface area contributed by atoms with E-state index in [1.165, 1.54) is 84.2 Å². The van der Waals surface area contributed by atoms with Crippen molar-refractivity contribution in [1.82, 2.24) is 18.7 Å². The van der Waals surface area contributed by atoms with Gasteiger partial charge in [-0.15, -0.1) is 0 Å². The fourth-order valence-corrected chi connectivity index (χ4v) is 14.1. The molecule has 1 aliphatic carbocycles. The van der Waals surface area contributed by atoms with E-state index in [4.69, 9.17) is 9.47 Å². The van der Waals surface area contributed by atoms with Crippen molar-refractivity contribution >= 4 is 16.4 Å². The molecule has 0 N–H and O–H groups in total. The van der Waals surface area contributed by atoms with Crippen molar-refractivity contribution in [2.75, 3.05) is 66.7 Å². The SMILES string of the molecule is CCN(CC)P(C1CCCC1P(N1CCC[C@@H]1COC)N1CCC[C@@H]1COC)N(CC)CC. The van der Waals surface area contributed by atoms with Crippen molar-refractivity contribution in [3.63, 3.8) is 0 Å². The van der Waals surface area contributed by atoms with Crippen LogP contribution >= 0.6 is 16.4 Å². The van der Waals surface area contributed by atoms with Gasteiger partial charge in [-0.25, -0.2) is 0 Å².